The maximum absolute atomic E-state index is 13.7. The van der Waals surface area contributed by atoms with Crippen molar-refractivity contribution in [2.75, 3.05) is 50.6 Å². The number of nitrogens with zero attached hydrogens (tertiary/aromatic N) is 4. The molecule has 1 aliphatic rings. The lowest BCUT2D eigenvalue weighted by Crippen LogP contribution is -2.50. The molecule has 2 amide bonds. The molecule has 2 aromatic carbocycles. The van der Waals surface area contributed by atoms with E-state index in [1.807, 2.05) is 0 Å². The van der Waals surface area contributed by atoms with Crippen molar-refractivity contribution in [3.05, 3.63) is 48.2 Å². The summed E-state index contributed by atoms with van der Waals surface area (Å²) >= 11 is 0. The van der Waals surface area contributed by atoms with Crippen LogP contribution >= 0.6 is 0 Å². The van der Waals surface area contributed by atoms with E-state index in [0.29, 0.717) is 22.7 Å². The van der Waals surface area contributed by atoms with Crippen LogP contribution in [0.25, 0.3) is 11.0 Å². The summed E-state index contributed by atoms with van der Waals surface area (Å²) in [5.41, 5.74) is -0.000134. The first kappa shape index (κ1) is 22.4. The fraction of sp³-hybridized carbons (Fsp3) is 0.318. The van der Waals surface area contributed by atoms with Crippen molar-refractivity contribution >= 4 is 28.6 Å². The maximum atomic E-state index is 13.7. The number of piperazine rings is 1. The normalized spacial score (nSPS) is 14.3. The third-order valence-electron chi connectivity index (χ3n) is 5.34. The van der Waals surface area contributed by atoms with Crippen LogP contribution in [0.3, 0.4) is 0 Å². The van der Waals surface area contributed by atoms with Crippen LogP contribution in [-0.4, -0.2) is 61.3 Å². The molecule has 0 unspecified atom stereocenters. The predicted octanol–water partition coefficient (Wildman–Crippen LogP) is 4.02. The Kier molecular flexibility index (Phi) is 6.12. The van der Waals surface area contributed by atoms with E-state index in [4.69, 9.17) is 9.47 Å². The van der Waals surface area contributed by atoms with Gasteiger partial charge in [-0.1, -0.05) is 12.1 Å². The average Bonchev–Trinajstić information content (AvgIpc) is 2.83. The molecule has 0 radical (unpaired) electrons. The van der Waals surface area contributed by atoms with Gasteiger partial charge in [-0.05, 0) is 24.3 Å². The van der Waals surface area contributed by atoms with Gasteiger partial charge in [-0.25, -0.2) is 14.8 Å². The zero-order valence-electron chi connectivity index (χ0n) is 18.0. The second-order valence-electron chi connectivity index (χ2n) is 7.35. The number of methoxy groups -OCH3 is 2. The van der Waals surface area contributed by atoms with Gasteiger partial charge in [0.1, 0.15) is 11.5 Å². The second-order valence-corrected chi connectivity index (χ2v) is 7.35. The number of fused-ring (bicyclic) bond motifs is 1. The fourth-order valence-electron chi connectivity index (χ4n) is 3.62. The summed E-state index contributed by atoms with van der Waals surface area (Å²) in [5, 5.41) is 2.78. The molecule has 0 saturated carbocycles. The van der Waals surface area contributed by atoms with Gasteiger partial charge in [0.2, 0.25) is 0 Å². The monoisotopic (exact) mass is 461 g/mol. The molecule has 11 heteroatoms. The molecule has 1 saturated heterocycles. The molecule has 2 heterocycles. The Bertz CT molecular complexity index is 1160. The molecule has 1 N–H and O–H groups in total. The Morgan fingerprint density at radius 3 is 2.24 bits per heavy atom. The van der Waals surface area contributed by atoms with Gasteiger partial charge in [0, 0.05) is 32.2 Å². The number of carbonyl (C=O) groups excluding carboxylic acids is 1. The van der Waals surface area contributed by atoms with E-state index in [9.17, 15) is 18.0 Å². The van der Waals surface area contributed by atoms with Gasteiger partial charge in [0.25, 0.3) is 0 Å². The van der Waals surface area contributed by atoms with Crippen molar-refractivity contribution in [1.29, 1.82) is 0 Å². The van der Waals surface area contributed by atoms with Crippen molar-refractivity contribution in [1.82, 2.24) is 14.9 Å². The van der Waals surface area contributed by atoms with E-state index in [1.165, 1.54) is 30.1 Å². The summed E-state index contributed by atoms with van der Waals surface area (Å²) < 4.78 is 51.5. The number of aromatic nitrogens is 2. The minimum Gasteiger partial charge on any atom is -0.497 e. The number of anilines is 2. The molecule has 3 aromatic rings. The Hall–Kier alpha value is -3.76. The quantitative estimate of drug-likeness (QED) is 0.632. The number of hydrogen-bond acceptors (Lipinski definition) is 6. The fourth-order valence-corrected chi connectivity index (χ4v) is 3.62. The number of carbonyl (C=O) groups is 1. The molecule has 0 bridgehead atoms. The molecule has 8 nitrogen and oxygen atoms in total. The first-order chi connectivity index (χ1) is 15.8. The van der Waals surface area contributed by atoms with E-state index >= 15 is 0 Å². The first-order valence-corrected chi connectivity index (χ1v) is 10.2. The van der Waals surface area contributed by atoms with Crippen LogP contribution in [0.4, 0.5) is 29.5 Å². The summed E-state index contributed by atoms with van der Waals surface area (Å²) in [7, 11) is 3.00. The van der Waals surface area contributed by atoms with Gasteiger partial charge in [0.05, 0.1) is 30.9 Å². The zero-order valence-corrected chi connectivity index (χ0v) is 18.0. The lowest BCUT2D eigenvalue weighted by atomic mass is 10.2. The SMILES string of the molecule is COc1ccc(NC(=O)N2CCN(c3nc4ccccc4nc3C(F)(F)F)CC2)c(OC)c1. The summed E-state index contributed by atoms with van der Waals surface area (Å²) in [6.45, 7) is 0.804. The van der Waals surface area contributed by atoms with Crippen LogP contribution < -0.4 is 19.7 Å². The van der Waals surface area contributed by atoms with E-state index in [1.54, 1.807) is 36.4 Å². The molecule has 0 atom stereocenters. The molecular weight excluding hydrogens is 439 g/mol. The summed E-state index contributed by atoms with van der Waals surface area (Å²) in [4.78, 5) is 23.8. The largest absolute Gasteiger partial charge is 0.497 e. The lowest BCUT2D eigenvalue weighted by Gasteiger charge is -2.36. The molecule has 4 rings (SSSR count). The van der Waals surface area contributed by atoms with E-state index in [-0.39, 0.29) is 43.5 Å². The third kappa shape index (κ3) is 4.71. The Balaban J connectivity index is 1.49. The van der Waals surface area contributed by atoms with Crippen molar-refractivity contribution in [3.8, 4) is 11.5 Å². The topological polar surface area (TPSA) is 79.8 Å². The highest BCUT2D eigenvalue weighted by molar-refractivity contribution is 5.91. The number of nitrogens with one attached hydrogen (secondary N) is 1. The number of para-hydroxylation sites is 2. The van der Waals surface area contributed by atoms with Crippen LogP contribution in [-0.2, 0) is 6.18 Å². The minimum atomic E-state index is -4.65. The number of rotatable bonds is 4. The molecular formula is C22H22F3N5O3. The van der Waals surface area contributed by atoms with E-state index in [2.05, 4.69) is 15.3 Å². The van der Waals surface area contributed by atoms with Crippen LogP contribution in [0.2, 0.25) is 0 Å². The van der Waals surface area contributed by atoms with Gasteiger partial charge in [-0.15, -0.1) is 0 Å². The van der Waals surface area contributed by atoms with E-state index < -0.39 is 11.9 Å². The summed E-state index contributed by atoms with van der Waals surface area (Å²) in [6.07, 6.45) is -4.65. The van der Waals surface area contributed by atoms with Crippen LogP contribution in [0.15, 0.2) is 42.5 Å². The zero-order chi connectivity index (χ0) is 23.6. The standard InChI is InChI=1S/C22H22F3N5O3/c1-32-14-7-8-17(18(13-14)33-2)28-21(31)30-11-9-29(10-12-30)20-19(22(23,24)25)26-15-5-3-4-6-16(15)27-20/h3-8,13H,9-12H2,1-2H3,(H,28,31). The Labute approximate surface area is 187 Å². The summed E-state index contributed by atoms with van der Waals surface area (Å²) in [5.74, 6) is 0.788. The number of benzene rings is 2. The molecule has 1 aliphatic heterocycles. The number of ether oxygens (including phenoxy) is 2. The average molecular weight is 461 g/mol. The second kappa shape index (κ2) is 9.00. The minimum absolute atomic E-state index is 0.181. The van der Waals surface area contributed by atoms with Crippen molar-refractivity contribution in [2.45, 2.75) is 6.18 Å². The van der Waals surface area contributed by atoms with Crippen LogP contribution in [0.1, 0.15) is 5.69 Å². The van der Waals surface area contributed by atoms with Crippen LogP contribution in [0, 0.1) is 0 Å². The number of hydrogen-bond donors (Lipinski definition) is 1. The maximum Gasteiger partial charge on any atom is 0.437 e. The first-order valence-electron chi connectivity index (χ1n) is 10.2. The molecule has 1 fully saturated rings. The molecule has 1 aromatic heterocycles. The lowest BCUT2D eigenvalue weighted by molar-refractivity contribution is -0.140. The van der Waals surface area contributed by atoms with Crippen molar-refractivity contribution < 1.29 is 27.4 Å². The van der Waals surface area contributed by atoms with Gasteiger partial charge in [-0.3, -0.25) is 0 Å². The molecule has 33 heavy (non-hydrogen) atoms. The number of halogens is 3. The third-order valence-corrected chi connectivity index (χ3v) is 5.34. The Morgan fingerprint density at radius 2 is 1.64 bits per heavy atom. The van der Waals surface area contributed by atoms with Crippen molar-refractivity contribution in [2.24, 2.45) is 0 Å². The molecule has 0 aliphatic carbocycles. The highest BCUT2D eigenvalue weighted by Crippen LogP contribution is 2.36. The highest BCUT2D eigenvalue weighted by Gasteiger charge is 2.39. The number of alkyl halides is 3. The number of amides is 2. The van der Waals surface area contributed by atoms with Crippen LogP contribution in [0.5, 0.6) is 11.5 Å². The highest BCUT2D eigenvalue weighted by atomic mass is 19.4. The smallest absolute Gasteiger partial charge is 0.437 e. The molecule has 174 valence electrons. The van der Waals surface area contributed by atoms with E-state index in [0.717, 1.165) is 0 Å². The number of urea groups is 1. The van der Waals surface area contributed by atoms with Gasteiger partial charge >= 0.3 is 12.2 Å². The molecule has 0 spiro atoms. The van der Waals surface area contributed by atoms with Gasteiger partial charge in [-0.2, -0.15) is 13.2 Å². The van der Waals surface area contributed by atoms with Gasteiger partial charge in [0.15, 0.2) is 11.5 Å². The predicted molar refractivity (Wildman–Crippen MR) is 117 cm³/mol. The van der Waals surface area contributed by atoms with Crippen molar-refractivity contribution in [3.63, 3.8) is 0 Å². The van der Waals surface area contributed by atoms with Gasteiger partial charge < -0.3 is 24.6 Å². The summed E-state index contributed by atoms with van der Waals surface area (Å²) in [6, 6.07) is 11.0. The Morgan fingerprint density at radius 1 is 0.970 bits per heavy atom.